The van der Waals surface area contributed by atoms with Crippen LogP contribution in [-0.4, -0.2) is 49.6 Å². The van der Waals surface area contributed by atoms with Crippen molar-refractivity contribution in [1.29, 1.82) is 0 Å². The summed E-state index contributed by atoms with van der Waals surface area (Å²) in [5.41, 5.74) is 0. The summed E-state index contributed by atoms with van der Waals surface area (Å²) in [7, 11) is 1.43. The third kappa shape index (κ3) is 4.47. The van der Waals surface area contributed by atoms with Gasteiger partial charge in [0.05, 0.1) is 13.0 Å². The van der Waals surface area contributed by atoms with Crippen LogP contribution in [0.4, 0.5) is 0 Å². The van der Waals surface area contributed by atoms with Crippen LogP contribution >= 0.6 is 0 Å². The van der Waals surface area contributed by atoms with Crippen molar-refractivity contribution in [2.24, 2.45) is 5.92 Å². The highest BCUT2D eigenvalue weighted by atomic mass is 16.5. The van der Waals surface area contributed by atoms with Gasteiger partial charge in [0.2, 0.25) is 5.91 Å². The highest BCUT2D eigenvalue weighted by Crippen LogP contribution is 2.19. The lowest BCUT2D eigenvalue weighted by Gasteiger charge is -2.23. The number of carbonyl (C=O) groups excluding carboxylic acids is 2. The van der Waals surface area contributed by atoms with E-state index in [-0.39, 0.29) is 17.8 Å². The minimum atomic E-state index is -0.126. The van der Waals surface area contributed by atoms with Crippen LogP contribution in [0.2, 0.25) is 0 Å². The van der Waals surface area contributed by atoms with Crippen LogP contribution in [-0.2, 0) is 14.3 Å². The van der Waals surface area contributed by atoms with Crippen LogP contribution in [0.5, 0.6) is 0 Å². The van der Waals surface area contributed by atoms with Crippen molar-refractivity contribution in [3.8, 4) is 0 Å². The van der Waals surface area contributed by atoms with Gasteiger partial charge in [0.25, 0.3) is 0 Å². The van der Waals surface area contributed by atoms with Crippen LogP contribution in [0.25, 0.3) is 0 Å². The summed E-state index contributed by atoms with van der Waals surface area (Å²) in [6, 6.07) is 0.387. The lowest BCUT2D eigenvalue weighted by atomic mass is 9.95. The number of hydrogen-bond donors (Lipinski definition) is 1. The summed E-state index contributed by atoms with van der Waals surface area (Å²) in [5.74, 6) is 0.0129. The maximum Gasteiger partial charge on any atom is 0.310 e. The molecule has 1 aliphatic heterocycles. The van der Waals surface area contributed by atoms with Gasteiger partial charge in [0.1, 0.15) is 0 Å². The lowest BCUT2D eigenvalue weighted by molar-refractivity contribution is -0.144. The first-order valence-electron chi connectivity index (χ1n) is 7.78. The highest BCUT2D eigenvalue weighted by Gasteiger charge is 2.29. The molecule has 5 nitrogen and oxygen atoms in total. The van der Waals surface area contributed by atoms with Gasteiger partial charge in [-0.1, -0.05) is 19.3 Å². The van der Waals surface area contributed by atoms with E-state index in [9.17, 15) is 9.59 Å². The molecule has 1 unspecified atom stereocenters. The molecule has 1 aliphatic carbocycles. The van der Waals surface area contributed by atoms with Gasteiger partial charge in [0, 0.05) is 25.6 Å². The largest absolute Gasteiger partial charge is 0.469 e. The van der Waals surface area contributed by atoms with Crippen LogP contribution in [0.15, 0.2) is 0 Å². The molecule has 0 aromatic heterocycles. The highest BCUT2D eigenvalue weighted by molar-refractivity contribution is 5.76. The van der Waals surface area contributed by atoms with Crippen LogP contribution in [0, 0.1) is 5.92 Å². The molecule has 0 aromatic rings. The van der Waals surface area contributed by atoms with E-state index in [1.54, 1.807) is 0 Å². The predicted molar refractivity (Wildman–Crippen MR) is 76.2 cm³/mol. The summed E-state index contributed by atoms with van der Waals surface area (Å²) < 4.78 is 4.76. The van der Waals surface area contributed by atoms with E-state index in [0.29, 0.717) is 12.5 Å². The van der Waals surface area contributed by atoms with E-state index in [1.165, 1.54) is 26.4 Å². The van der Waals surface area contributed by atoms with E-state index in [1.807, 2.05) is 0 Å². The van der Waals surface area contributed by atoms with Crippen molar-refractivity contribution >= 4 is 11.9 Å². The molecule has 0 bridgehead atoms. The molecular formula is C15H26N2O3. The van der Waals surface area contributed by atoms with Crippen molar-refractivity contribution in [2.75, 3.05) is 26.7 Å². The van der Waals surface area contributed by atoms with Crippen molar-refractivity contribution in [3.05, 3.63) is 0 Å². The Morgan fingerprint density at radius 1 is 1.20 bits per heavy atom. The second-order valence-electron chi connectivity index (χ2n) is 5.96. The Morgan fingerprint density at radius 2 is 1.95 bits per heavy atom. The Bertz CT molecular complexity index is 340. The maximum atomic E-state index is 11.9. The Hall–Kier alpha value is -1.10. The molecule has 2 aliphatic rings. The van der Waals surface area contributed by atoms with Gasteiger partial charge >= 0.3 is 5.97 Å². The quantitative estimate of drug-likeness (QED) is 0.773. The number of esters is 1. The van der Waals surface area contributed by atoms with Crippen LogP contribution in [0.3, 0.4) is 0 Å². The second kappa shape index (κ2) is 7.62. The van der Waals surface area contributed by atoms with Gasteiger partial charge in [-0.05, 0) is 25.8 Å². The SMILES string of the molecule is COC(=O)C1CCN(CCC(=O)NC2CCCCC2)C1. The molecule has 2 fully saturated rings. The normalized spacial score (nSPS) is 24.6. The van der Waals surface area contributed by atoms with Gasteiger partial charge in [-0.3, -0.25) is 9.59 Å². The first kappa shape index (κ1) is 15.3. The van der Waals surface area contributed by atoms with E-state index >= 15 is 0 Å². The zero-order valence-electron chi connectivity index (χ0n) is 12.4. The zero-order valence-corrected chi connectivity index (χ0v) is 12.4. The first-order valence-corrected chi connectivity index (χ1v) is 7.78. The molecule has 1 atom stereocenters. The van der Waals surface area contributed by atoms with E-state index in [2.05, 4.69) is 10.2 Å². The van der Waals surface area contributed by atoms with Gasteiger partial charge in [-0.25, -0.2) is 0 Å². The maximum absolute atomic E-state index is 11.9. The molecule has 1 saturated heterocycles. The summed E-state index contributed by atoms with van der Waals surface area (Å²) in [4.78, 5) is 25.5. The van der Waals surface area contributed by atoms with Gasteiger partial charge in [-0.15, -0.1) is 0 Å². The number of carbonyl (C=O) groups is 2. The second-order valence-corrected chi connectivity index (χ2v) is 5.96. The minimum absolute atomic E-state index is 0.0126. The molecule has 1 saturated carbocycles. The predicted octanol–water partition coefficient (Wildman–Crippen LogP) is 1.32. The van der Waals surface area contributed by atoms with E-state index in [0.717, 1.165) is 38.9 Å². The molecule has 20 heavy (non-hydrogen) atoms. The monoisotopic (exact) mass is 282 g/mol. The molecule has 5 heteroatoms. The van der Waals surface area contributed by atoms with E-state index < -0.39 is 0 Å². The number of amides is 1. The van der Waals surface area contributed by atoms with Crippen LogP contribution in [0.1, 0.15) is 44.9 Å². The van der Waals surface area contributed by atoms with Crippen molar-refractivity contribution in [2.45, 2.75) is 51.0 Å². The summed E-state index contributed by atoms with van der Waals surface area (Å²) in [6.07, 6.45) is 7.39. The molecule has 0 spiro atoms. The molecule has 114 valence electrons. The fourth-order valence-corrected chi connectivity index (χ4v) is 3.20. The third-order valence-corrected chi connectivity index (χ3v) is 4.43. The number of nitrogens with zero attached hydrogens (tertiary/aromatic N) is 1. The van der Waals surface area contributed by atoms with Gasteiger partial charge in [-0.2, -0.15) is 0 Å². The smallest absolute Gasteiger partial charge is 0.310 e. The van der Waals surface area contributed by atoms with Crippen molar-refractivity contribution < 1.29 is 14.3 Å². The number of methoxy groups -OCH3 is 1. The Balaban J connectivity index is 1.62. The number of hydrogen-bond acceptors (Lipinski definition) is 4. The average molecular weight is 282 g/mol. The number of nitrogens with one attached hydrogen (secondary N) is 1. The molecule has 1 heterocycles. The third-order valence-electron chi connectivity index (χ3n) is 4.43. The number of likely N-dealkylation sites (tertiary alicyclic amines) is 1. The Labute approximate surface area is 121 Å². The van der Waals surface area contributed by atoms with Crippen molar-refractivity contribution in [1.82, 2.24) is 10.2 Å². The Kier molecular flexibility index (Phi) is 5.83. The topological polar surface area (TPSA) is 58.6 Å². The zero-order chi connectivity index (χ0) is 14.4. The summed E-state index contributed by atoms with van der Waals surface area (Å²) in [5, 5.41) is 3.13. The lowest BCUT2D eigenvalue weighted by Crippen LogP contribution is -2.38. The fourth-order valence-electron chi connectivity index (χ4n) is 3.20. The van der Waals surface area contributed by atoms with Crippen LogP contribution < -0.4 is 5.32 Å². The van der Waals surface area contributed by atoms with E-state index in [4.69, 9.17) is 4.74 Å². The molecule has 0 aromatic carbocycles. The van der Waals surface area contributed by atoms with Crippen molar-refractivity contribution in [3.63, 3.8) is 0 Å². The molecule has 2 rings (SSSR count). The Morgan fingerprint density at radius 3 is 2.65 bits per heavy atom. The fraction of sp³-hybridized carbons (Fsp3) is 0.867. The molecular weight excluding hydrogens is 256 g/mol. The average Bonchev–Trinajstić information content (AvgIpc) is 2.94. The number of ether oxygens (including phenoxy) is 1. The van der Waals surface area contributed by atoms with Gasteiger partial charge in [0.15, 0.2) is 0 Å². The summed E-state index contributed by atoms with van der Waals surface area (Å²) in [6.45, 7) is 2.35. The molecule has 1 N–H and O–H groups in total. The number of rotatable bonds is 5. The molecule has 0 radical (unpaired) electrons. The standard InChI is InChI=1S/C15H26N2O3/c1-20-15(19)12-7-9-17(11-12)10-8-14(18)16-13-5-3-2-4-6-13/h12-13H,2-11H2,1H3,(H,16,18). The summed E-state index contributed by atoms with van der Waals surface area (Å²) >= 11 is 0. The first-order chi connectivity index (χ1) is 9.69. The van der Waals surface area contributed by atoms with Gasteiger partial charge < -0.3 is 15.0 Å². The molecule has 1 amide bonds. The minimum Gasteiger partial charge on any atom is -0.469 e.